The van der Waals surface area contributed by atoms with Gasteiger partial charge in [-0.05, 0) is 43.2 Å². The highest BCUT2D eigenvalue weighted by Gasteiger charge is 2.28. The molecule has 6 nitrogen and oxygen atoms in total. The number of benzene rings is 2. The van der Waals surface area contributed by atoms with Gasteiger partial charge in [0.2, 0.25) is 5.91 Å². The summed E-state index contributed by atoms with van der Waals surface area (Å²) in [6, 6.07) is 11.5. The number of rotatable bonds is 3. The number of hydrogen-bond acceptors (Lipinski definition) is 4. The molecule has 0 saturated carbocycles. The number of thiophene rings is 1. The molecule has 0 radical (unpaired) electrons. The number of aryl methyl sites for hydroxylation is 1. The summed E-state index contributed by atoms with van der Waals surface area (Å²) in [5, 5.41) is 0.646. The van der Waals surface area contributed by atoms with Crippen LogP contribution in [0.1, 0.15) is 28.5 Å². The van der Waals surface area contributed by atoms with E-state index in [1.807, 2.05) is 19.1 Å². The third-order valence-electron chi connectivity index (χ3n) is 6.24. The summed E-state index contributed by atoms with van der Waals surface area (Å²) >= 11 is 7.58. The first-order chi connectivity index (χ1) is 16.3. The van der Waals surface area contributed by atoms with E-state index in [0.717, 1.165) is 20.6 Å². The molecular formula is C25H21ClFN3O3S. The third-order valence-corrected chi connectivity index (χ3v) is 7.83. The van der Waals surface area contributed by atoms with Gasteiger partial charge in [0.1, 0.15) is 10.6 Å². The van der Waals surface area contributed by atoms with Crippen molar-refractivity contribution >= 4 is 39.1 Å². The molecule has 1 amide bonds. The Bertz CT molecular complexity index is 1550. The van der Waals surface area contributed by atoms with E-state index >= 15 is 0 Å². The van der Waals surface area contributed by atoms with Crippen molar-refractivity contribution in [2.45, 2.75) is 33.4 Å². The molecule has 3 heterocycles. The molecule has 0 atom stereocenters. The Hall–Kier alpha value is -3.23. The molecule has 0 aliphatic carbocycles. The Morgan fingerprint density at radius 2 is 1.88 bits per heavy atom. The predicted molar refractivity (Wildman–Crippen MR) is 132 cm³/mol. The average Bonchev–Trinajstić information content (AvgIpc) is 3.18. The maximum Gasteiger partial charge on any atom is 0.337 e. The van der Waals surface area contributed by atoms with Crippen molar-refractivity contribution in [1.29, 1.82) is 0 Å². The molecule has 9 heteroatoms. The second-order valence-corrected chi connectivity index (χ2v) is 9.91. The average molecular weight is 498 g/mol. The molecule has 0 fully saturated rings. The number of carbonyl (C=O) groups excluding carboxylic acids is 1. The first kappa shape index (κ1) is 22.6. The van der Waals surface area contributed by atoms with E-state index in [4.69, 9.17) is 11.6 Å². The minimum absolute atomic E-state index is 0.0456. The molecular weight excluding hydrogens is 477 g/mol. The summed E-state index contributed by atoms with van der Waals surface area (Å²) in [6.45, 7) is 4.19. The fourth-order valence-corrected chi connectivity index (χ4v) is 5.95. The highest BCUT2D eigenvalue weighted by atomic mass is 35.5. The molecule has 34 heavy (non-hydrogen) atoms. The lowest BCUT2D eigenvalue weighted by atomic mass is 10.1. The van der Waals surface area contributed by atoms with E-state index in [-0.39, 0.29) is 23.0 Å². The fraction of sp³-hybridized carbons (Fsp3) is 0.240. The summed E-state index contributed by atoms with van der Waals surface area (Å²) in [7, 11) is 0. The van der Waals surface area contributed by atoms with Gasteiger partial charge in [0, 0.05) is 28.9 Å². The predicted octanol–water partition coefficient (Wildman–Crippen LogP) is 4.27. The van der Waals surface area contributed by atoms with Crippen LogP contribution >= 0.6 is 22.9 Å². The monoisotopic (exact) mass is 497 g/mol. The maximum absolute atomic E-state index is 14.7. The zero-order valence-corrected chi connectivity index (χ0v) is 20.2. The third kappa shape index (κ3) is 3.67. The smallest absolute Gasteiger partial charge is 0.337 e. The highest BCUT2D eigenvalue weighted by molar-refractivity contribution is 7.18. The number of fused-ring (bicyclic) bond motifs is 3. The standard InChI is InChI=1S/C25H21ClFN3O3S/c1-14-6-8-16(9-7-14)30-23(32)22-17-10-11-28(15(2)31)13-21(17)34-24(22)29(25(30)33)12-18-19(26)4-3-5-20(18)27/h3-9H,10-13H2,1-2H3. The van der Waals surface area contributed by atoms with E-state index in [1.165, 1.54) is 35.0 Å². The van der Waals surface area contributed by atoms with Gasteiger partial charge in [0.05, 0.1) is 24.2 Å². The number of carbonyl (C=O) groups is 1. The number of hydrogen-bond donors (Lipinski definition) is 0. The Balaban J connectivity index is 1.82. The molecule has 0 spiro atoms. The SMILES string of the molecule is CC(=O)N1CCc2c(sc3c2c(=O)n(-c2ccc(C)cc2)c(=O)n3Cc2c(F)cccc2Cl)C1. The van der Waals surface area contributed by atoms with Crippen LogP contribution in [0.25, 0.3) is 15.9 Å². The fourth-order valence-electron chi connectivity index (χ4n) is 4.38. The second kappa shape index (κ2) is 8.52. The first-order valence-corrected chi connectivity index (χ1v) is 12.0. The van der Waals surface area contributed by atoms with Crippen LogP contribution in [0.15, 0.2) is 52.1 Å². The lowest BCUT2D eigenvalue weighted by Crippen LogP contribution is -2.39. The van der Waals surface area contributed by atoms with Crippen LogP contribution in [0.4, 0.5) is 4.39 Å². The summed E-state index contributed by atoms with van der Waals surface area (Å²) in [4.78, 5) is 42.4. The summed E-state index contributed by atoms with van der Waals surface area (Å²) < 4.78 is 17.2. The van der Waals surface area contributed by atoms with Crippen molar-refractivity contribution in [3.63, 3.8) is 0 Å². The Labute approximate surface area is 203 Å². The van der Waals surface area contributed by atoms with Gasteiger partial charge in [-0.3, -0.25) is 14.2 Å². The van der Waals surface area contributed by atoms with E-state index in [2.05, 4.69) is 0 Å². The van der Waals surface area contributed by atoms with E-state index in [1.54, 1.807) is 23.1 Å². The first-order valence-electron chi connectivity index (χ1n) is 10.8. The van der Waals surface area contributed by atoms with Crippen LogP contribution in [0, 0.1) is 12.7 Å². The van der Waals surface area contributed by atoms with E-state index in [0.29, 0.717) is 35.4 Å². The number of aromatic nitrogens is 2. The maximum atomic E-state index is 14.7. The molecule has 4 aromatic rings. The van der Waals surface area contributed by atoms with Gasteiger partial charge in [-0.1, -0.05) is 35.4 Å². The van der Waals surface area contributed by atoms with Crippen molar-refractivity contribution in [3.8, 4) is 5.69 Å². The van der Waals surface area contributed by atoms with Gasteiger partial charge in [0.25, 0.3) is 5.56 Å². The lowest BCUT2D eigenvalue weighted by molar-refractivity contribution is -0.129. The van der Waals surface area contributed by atoms with Crippen molar-refractivity contribution in [3.05, 3.63) is 95.7 Å². The summed E-state index contributed by atoms with van der Waals surface area (Å²) in [6.07, 6.45) is 0.511. The number of amides is 1. The van der Waals surface area contributed by atoms with Gasteiger partial charge in [-0.25, -0.2) is 13.8 Å². The molecule has 0 N–H and O–H groups in total. The van der Waals surface area contributed by atoms with Crippen LogP contribution in [0.2, 0.25) is 5.02 Å². The molecule has 5 rings (SSSR count). The lowest BCUT2D eigenvalue weighted by Gasteiger charge is -2.25. The van der Waals surface area contributed by atoms with Gasteiger partial charge >= 0.3 is 5.69 Å². The molecule has 174 valence electrons. The zero-order valence-electron chi connectivity index (χ0n) is 18.6. The van der Waals surface area contributed by atoms with Gasteiger partial charge in [-0.15, -0.1) is 11.3 Å². The van der Waals surface area contributed by atoms with Crippen LogP contribution in [0.3, 0.4) is 0 Å². The highest BCUT2D eigenvalue weighted by Crippen LogP contribution is 2.34. The Morgan fingerprint density at radius 1 is 1.15 bits per heavy atom. The van der Waals surface area contributed by atoms with Crippen molar-refractivity contribution in [2.75, 3.05) is 6.54 Å². The minimum atomic E-state index is -0.567. The van der Waals surface area contributed by atoms with Gasteiger partial charge in [0.15, 0.2) is 0 Å². The minimum Gasteiger partial charge on any atom is -0.337 e. The molecule has 1 aliphatic rings. The summed E-state index contributed by atoms with van der Waals surface area (Å²) in [5.41, 5.74) is 1.48. The Morgan fingerprint density at radius 3 is 2.56 bits per heavy atom. The molecule has 0 saturated heterocycles. The normalized spacial score (nSPS) is 13.4. The van der Waals surface area contributed by atoms with Crippen LogP contribution in [-0.4, -0.2) is 26.5 Å². The van der Waals surface area contributed by atoms with Crippen molar-refractivity contribution in [1.82, 2.24) is 14.0 Å². The molecule has 1 aliphatic heterocycles. The second-order valence-electron chi connectivity index (χ2n) is 8.42. The van der Waals surface area contributed by atoms with Crippen LogP contribution in [-0.2, 0) is 24.3 Å². The van der Waals surface area contributed by atoms with E-state index in [9.17, 15) is 18.8 Å². The van der Waals surface area contributed by atoms with Gasteiger partial charge < -0.3 is 4.90 Å². The Kier molecular flexibility index (Phi) is 5.65. The topological polar surface area (TPSA) is 64.3 Å². The van der Waals surface area contributed by atoms with Gasteiger partial charge in [-0.2, -0.15) is 0 Å². The van der Waals surface area contributed by atoms with E-state index < -0.39 is 17.1 Å². The largest absolute Gasteiger partial charge is 0.337 e. The number of nitrogens with zero attached hydrogens (tertiary/aromatic N) is 3. The molecule has 0 bridgehead atoms. The molecule has 2 aromatic heterocycles. The van der Waals surface area contributed by atoms with Crippen LogP contribution < -0.4 is 11.2 Å². The molecule has 0 unspecified atom stereocenters. The zero-order chi connectivity index (χ0) is 24.1. The molecule has 2 aromatic carbocycles. The van der Waals surface area contributed by atoms with Crippen molar-refractivity contribution < 1.29 is 9.18 Å². The van der Waals surface area contributed by atoms with Crippen molar-refractivity contribution in [2.24, 2.45) is 0 Å². The number of halogens is 2. The van der Waals surface area contributed by atoms with Crippen LogP contribution in [0.5, 0.6) is 0 Å². The summed E-state index contributed by atoms with van der Waals surface area (Å²) in [5.74, 6) is -0.569. The quantitative estimate of drug-likeness (QED) is 0.424.